The number of nitrogens with one attached hydrogen (secondary N) is 3. The van der Waals surface area contributed by atoms with Crippen molar-refractivity contribution in [1.29, 1.82) is 0 Å². The highest BCUT2D eigenvalue weighted by molar-refractivity contribution is 5.82. The molecule has 1 heterocycles. The van der Waals surface area contributed by atoms with Gasteiger partial charge in [0.2, 0.25) is 5.91 Å². The Bertz CT molecular complexity index is 767. The van der Waals surface area contributed by atoms with Crippen molar-refractivity contribution in [2.75, 3.05) is 14.2 Å². The molecule has 1 amide bonds. The second kappa shape index (κ2) is 8.16. The number of hydrazine groups is 1. The fourth-order valence-corrected chi connectivity index (χ4v) is 2.95. The lowest BCUT2D eigenvalue weighted by Crippen LogP contribution is -2.42. The van der Waals surface area contributed by atoms with Crippen molar-refractivity contribution >= 4 is 5.91 Å². The molecule has 0 aliphatic carbocycles. The Kier molecular flexibility index (Phi) is 5.70. The molecule has 2 aromatic carbocycles. The first-order valence-electron chi connectivity index (χ1n) is 8.36. The molecule has 2 unspecified atom stereocenters. The van der Waals surface area contributed by atoms with Gasteiger partial charge in [-0.3, -0.25) is 4.79 Å². The van der Waals surface area contributed by atoms with Crippen LogP contribution in [0.4, 0.5) is 4.39 Å². The van der Waals surface area contributed by atoms with Crippen LogP contribution in [0.2, 0.25) is 0 Å². The number of carbonyl (C=O) groups is 1. The maximum absolute atomic E-state index is 13.0. The summed E-state index contributed by atoms with van der Waals surface area (Å²) < 4.78 is 23.5. The number of ether oxygens (including phenoxy) is 2. The van der Waals surface area contributed by atoms with E-state index in [0.29, 0.717) is 24.5 Å². The molecule has 1 aliphatic rings. The predicted molar refractivity (Wildman–Crippen MR) is 95.2 cm³/mol. The van der Waals surface area contributed by atoms with Crippen LogP contribution in [-0.2, 0) is 11.3 Å². The number of carbonyl (C=O) groups excluding carboxylic acids is 1. The summed E-state index contributed by atoms with van der Waals surface area (Å²) in [6.45, 7) is 0.353. The number of benzene rings is 2. The van der Waals surface area contributed by atoms with Crippen molar-refractivity contribution in [3.63, 3.8) is 0 Å². The smallest absolute Gasteiger partial charge is 0.238 e. The van der Waals surface area contributed by atoms with Gasteiger partial charge >= 0.3 is 0 Å². The third-order valence-electron chi connectivity index (χ3n) is 4.44. The van der Waals surface area contributed by atoms with Gasteiger partial charge in [-0.1, -0.05) is 12.1 Å². The zero-order valence-corrected chi connectivity index (χ0v) is 14.7. The second-order valence-corrected chi connectivity index (χ2v) is 6.08. The fraction of sp³-hybridized carbons (Fsp3) is 0.316. The molecule has 3 N–H and O–H groups in total. The van der Waals surface area contributed by atoms with Gasteiger partial charge in [0.25, 0.3) is 0 Å². The van der Waals surface area contributed by atoms with Gasteiger partial charge in [-0.15, -0.1) is 0 Å². The van der Waals surface area contributed by atoms with Crippen LogP contribution in [0.25, 0.3) is 0 Å². The Morgan fingerprint density at radius 3 is 2.62 bits per heavy atom. The van der Waals surface area contributed by atoms with Crippen LogP contribution in [0, 0.1) is 5.82 Å². The predicted octanol–water partition coefficient (Wildman–Crippen LogP) is 2.07. The molecule has 2 atom stereocenters. The number of methoxy groups -OCH3 is 2. The third-order valence-corrected chi connectivity index (χ3v) is 4.44. The molecule has 1 aliphatic heterocycles. The number of hydrogen-bond acceptors (Lipinski definition) is 5. The summed E-state index contributed by atoms with van der Waals surface area (Å²) in [7, 11) is 3.17. The summed E-state index contributed by atoms with van der Waals surface area (Å²) in [6.07, 6.45) is 0.581. The number of rotatable bonds is 6. The molecule has 138 valence electrons. The van der Waals surface area contributed by atoms with Gasteiger partial charge in [-0.25, -0.2) is 15.2 Å². The van der Waals surface area contributed by atoms with Gasteiger partial charge in [-0.2, -0.15) is 0 Å². The number of amides is 1. The molecule has 2 aromatic rings. The maximum Gasteiger partial charge on any atom is 0.238 e. The first-order chi connectivity index (χ1) is 12.6. The van der Waals surface area contributed by atoms with Gasteiger partial charge in [0.15, 0.2) is 0 Å². The molecule has 0 saturated carbocycles. The van der Waals surface area contributed by atoms with Crippen molar-refractivity contribution in [1.82, 2.24) is 16.2 Å². The molecule has 26 heavy (non-hydrogen) atoms. The minimum Gasteiger partial charge on any atom is -0.497 e. The second-order valence-electron chi connectivity index (χ2n) is 6.08. The summed E-state index contributed by atoms with van der Waals surface area (Å²) in [6, 6.07) is 11.3. The van der Waals surface area contributed by atoms with Gasteiger partial charge in [0.05, 0.1) is 14.2 Å². The minimum absolute atomic E-state index is 0.0399. The number of halogens is 1. The zero-order chi connectivity index (χ0) is 18.5. The zero-order valence-electron chi connectivity index (χ0n) is 14.7. The monoisotopic (exact) mass is 359 g/mol. The van der Waals surface area contributed by atoms with Gasteiger partial charge in [-0.05, 0) is 36.2 Å². The van der Waals surface area contributed by atoms with E-state index in [1.54, 1.807) is 32.4 Å². The molecule has 1 saturated heterocycles. The van der Waals surface area contributed by atoms with Gasteiger partial charge in [0, 0.05) is 24.2 Å². The van der Waals surface area contributed by atoms with Crippen molar-refractivity contribution in [2.24, 2.45) is 0 Å². The topological polar surface area (TPSA) is 71.6 Å². The lowest BCUT2D eigenvalue weighted by atomic mass is 10.0. The molecular formula is C19H22FN3O3. The number of hydrogen-bond donors (Lipinski definition) is 3. The van der Waals surface area contributed by atoms with E-state index in [4.69, 9.17) is 9.47 Å². The largest absolute Gasteiger partial charge is 0.497 e. The molecule has 1 fully saturated rings. The van der Waals surface area contributed by atoms with E-state index in [9.17, 15) is 9.18 Å². The summed E-state index contributed by atoms with van der Waals surface area (Å²) >= 11 is 0. The standard InChI is InChI=1S/C19H22FN3O3/c1-25-15-8-5-13(18(9-15)26-2)11-21-19(24)17-10-16(22-23-17)12-3-6-14(20)7-4-12/h3-9,16-17,22-23H,10-11H2,1-2H3,(H,21,24). The van der Waals surface area contributed by atoms with Crippen LogP contribution in [-0.4, -0.2) is 26.2 Å². The Hall–Kier alpha value is -2.64. The first kappa shape index (κ1) is 18.2. The normalized spacial score (nSPS) is 19.2. The van der Waals surface area contributed by atoms with Crippen molar-refractivity contribution in [2.45, 2.75) is 25.0 Å². The van der Waals surface area contributed by atoms with Crippen LogP contribution >= 0.6 is 0 Å². The highest BCUT2D eigenvalue weighted by atomic mass is 19.1. The lowest BCUT2D eigenvalue weighted by molar-refractivity contribution is -0.123. The summed E-state index contributed by atoms with van der Waals surface area (Å²) in [5.41, 5.74) is 7.88. The minimum atomic E-state index is -0.366. The average Bonchev–Trinajstić information content (AvgIpc) is 3.16. The van der Waals surface area contributed by atoms with Crippen molar-refractivity contribution in [3.8, 4) is 11.5 Å². The molecule has 3 rings (SSSR count). The lowest BCUT2D eigenvalue weighted by Gasteiger charge is -2.13. The molecular weight excluding hydrogens is 337 g/mol. The Morgan fingerprint density at radius 1 is 1.15 bits per heavy atom. The van der Waals surface area contributed by atoms with E-state index in [1.165, 1.54) is 12.1 Å². The van der Waals surface area contributed by atoms with Crippen LogP contribution < -0.4 is 25.6 Å². The molecule has 7 heteroatoms. The van der Waals surface area contributed by atoms with E-state index in [2.05, 4.69) is 16.2 Å². The molecule has 0 bridgehead atoms. The van der Waals surface area contributed by atoms with Gasteiger partial charge < -0.3 is 14.8 Å². The highest BCUT2D eigenvalue weighted by Gasteiger charge is 2.30. The molecule has 6 nitrogen and oxygen atoms in total. The maximum atomic E-state index is 13.0. The van der Waals surface area contributed by atoms with Crippen LogP contribution in [0.15, 0.2) is 42.5 Å². The Labute approximate surface area is 151 Å². The third kappa shape index (κ3) is 4.12. The quantitative estimate of drug-likeness (QED) is 0.737. The Morgan fingerprint density at radius 2 is 1.92 bits per heavy atom. The fourth-order valence-electron chi connectivity index (χ4n) is 2.95. The van der Waals surface area contributed by atoms with Gasteiger partial charge in [0.1, 0.15) is 23.4 Å². The molecule has 0 spiro atoms. The van der Waals surface area contributed by atoms with Crippen molar-refractivity contribution < 1.29 is 18.7 Å². The van der Waals surface area contributed by atoms with E-state index < -0.39 is 0 Å². The first-order valence-corrected chi connectivity index (χ1v) is 8.36. The van der Waals surface area contributed by atoms with Crippen LogP contribution in [0.5, 0.6) is 11.5 Å². The van der Waals surface area contributed by atoms with Crippen LogP contribution in [0.3, 0.4) is 0 Å². The summed E-state index contributed by atoms with van der Waals surface area (Å²) in [5, 5.41) is 2.91. The van der Waals surface area contributed by atoms with E-state index >= 15 is 0 Å². The van der Waals surface area contributed by atoms with Crippen molar-refractivity contribution in [3.05, 3.63) is 59.4 Å². The Balaban J connectivity index is 1.57. The summed E-state index contributed by atoms with van der Waals surface area (Å²) in [5.74, 6) is 0.967. The van der Waals surface area contributed by atoms with E-state index in [1.807, 2.05) is 12.1 Å². The average molecular weight is 359 g/mol. The van der Waals surface area contributed by atoms with E-state index in [0.717, 1.165) is 11.1 Å². The summed E-state index contributed by atoms with van der Waals surface area (Å²) in [4.78, 5) is 12.4. The van der Waals surface area contributed by atoms with Crippen LogP contribution in [0.1, 0.15) is 23.6 Å². The van der Waals surface area contributed by atoms with E-state index in [-0.39, 0.29) is 23.8 Å². The molecule has 0 radical (unpaired) electrons. The molecule has 0 aromatic heterocycles. The SMILES string of the molecule is COc1ccc(CNC(=O)C2CC(c3ccc(F)cc3)NN2)c(OC)c1. The highest BCUT2D eigenvalue weighted by Crippen LogP contribution is 2.25.